The third-order valence-corrected chi connectivity index (χ3v) is 2.43. The first kappa shape index (κ1) is 10.5. The van der Waals surface area contributed by atoms with Gasteiger partial charge in [-0.2, -0.15) is 5.10 Å². The van der Waals surface area contributed by atoms with E-state index >= 15 is 0 Å². The molecule has 0 saturated carbocycles. The molecule has 0 aromatic carbocycles. The van der Waals surface area contributed by atoms with E-state index in [0.29, 0.717) is 10.7 Å². The highest BCUT2D eigenvalue weighted by atomic mass is 35.5. The summed E-state index contributed by atoms with van der Waals surface area (Å²) in [7, 11) is 1.74. The average molecular weight is 204 g/mol. The minimum Gasteiger partial charge on any atom is -0.387 e. The zero-order valence-electron chi connectivity index (χ0n) is 7.79. The van der Waals surface area contributed by atoms with Crippen LogP contribution in [0.25, 0.3) is 0 Å². The lowest BCUT2D eigenvalue weighted by molar-refractivity contribution is 0.186. The first-order valence-corrected chi connectivity index (χ1v) is 4.59. The summed E-state index contributed by atoms with van der Waals surface area (Å²) in [5.41, 5.74) is 6.83. The molecule has 1 aromatic heterocycles. The molecule has 0 aliphatic carbocycles. The molecular formula is C8H14ClN3O. The van der Waals surface area contributed by atoms with Crippen LogP contribution in [0.5, 0.6) is 0 Å². The van der Waals surface area contributed by atoms with Crippen LogP contribution in [0, 0.1) is 0 Å². The number of aliphatic hydroxyl groups excluding tert-OH is 1. The van der Waals surface area contributed by atoms with Crippen LogP contribution in [0.15, 0.2) is 0 Å². The van der Waals surface area contributed by atoms with Gasteiger partial charge >= 0.3 is 0 Å². The van der Waals surface area contributed by atoms with E-state index in [4.69, 9.17) is 17.3 Å². The molecule has 0 saturated heterocycles. The summed E-state index contributed by atoms with van der Waals surface area (Å²) in [6.07, 6.45) is 0.0311. The maximum atomic E-state index is 9.57. The standard InChI is InChI=1S/C8H14ClN3O/c1-3-5-7(6(13)4-10)8(9)12(2)11-5/h6,13H,3-4,10H2,1-2H3. The van der Waals surface area contributed by atoms with Crippen molar-refractivity contribution < 1.29 is 5.11 Å². The fourth-order valence-corrected chi connectivity index (χ4v) is 1.55. The van der Waals surface area contributed by atoms with Crippen LogP contribution in [-0.2, 0) is 13.5 Å². The number of halogens is 1. The van der Waals surface area contributed by atoms with Crippen molar-refractivity contribution in [1.29, 1.82) is 0 Å². The fraction of sp³-hybridized carbons (Fsp3) is 0.625. The summed E-state index contributed by atoms with van der Waals surface area (Å²) in [4.78, 5) is 0. The summed E-state index contributed by atoms with van der Waals surface area (Å²) in [6.45, 7) is 2.13. The summed E-state index contributed by atoms with van der Waals surface area (Å²) < 4.78 is 1.55. The molecule has 0 fully saturated rings. The molecule has 74 valence electrons. The Kier molecular flexibility index (Phi) is 3.30. The second kappa shape index (κ2) is 4.09. The number of hydrogen-bond acceptors (Lipinski definition) is 3. The number of aryl methyl sites for hydroxylation is 2. The van der Waals surface area contributed by atoms with Gasteiger partial charge in [-0.25, -0.2) is 0 Å². The van der Waals surface area contributed by atoms with Crippen molar-refractivity contribution in [2.75, 3.05) is 6.54 Å². The summed E-state index contributed by atoms with van der Waals surface area (Å²) in [5, 5.41) is 14.2. The Bertz CT molecular complexity index is 298. The zero-order valence-corrected chi connectivity index (χ0v) is 8.54. The van der Waals surface area contributed by atoms with E-state index in [2.05, 4.69) is 5.10 Å². The maximum Gasteiger partial charge on any atom is 0.132 e. The molecule has 1 rings (SSSR count). The van der Waals surface area contributed by atoms with Gasteiger partial charge in [-0.05, 0) is 6.42 Å². The highest BCUT2D eigenvalue weighted by Gasteiger charge is 2.19. The van der Waals surface area contributed by atoms with Gasteiger partial charge in [-0.15, -0.1) is 0 Å². The van der Waals surface area contributed by atoms with Crippen LogP contribution in [0.1, 0.15) is 24.3 Å². The van der Waals surface area contributed by atoms with Crippen molar-refractivity contribution in [3.8, 4) is 0 Å². The van der Waals surface area contributed by atoms with Crippen molar-refractivity contribution >= 4 is 11.6 Å². The molecule has 0 radical (unpaired) electrons. The fourth-order valence-electron chi connectivity index (χ4n) is 1.28. The Morgan fingerprint density at radius 3 is 2.77 bits per heavy atom. The smallest absolute Gasteiger partial charge is 0.132 e. The van der Waals surface area contributed by atoms with E-state index in [1.807, 2.05) is 6.92 Å². The van der Waals surface area contributed by atoms with E-state index in [1.54, 1.807) is 11.7 Å². The molecule has 3 N–H and O–H groups in total. The van der Waals surface area contributed by atoms with Gasteiger partial charge in [0.25, 0.3) is 0 Å². The SMILES string of the molecule is CCc1nn(C)c(Cl)c1C(O)CN. The molecule has 0 aliphatic heterocycles. The summed E-state index contributed by atoms with van der Waals surface area (Å²) in [5.74, 6) is 0. The van der Waals surface area contributed by atoms with Crippen LogP contribution < -0.4 is 5.73 Å². The predicted molar refractivity (Wildman–Crippen MR) is 51.6 cm³/mol. The van der Waals surface area contributed by atoms with Crippen LogP contribution in [0.3, 0.4) is 0 Å². The first-order valence-electron chi connectivity index (χ1n) is 4.21. The van der Waals surface area contributed by atoms with E-state index < -0.39 is 6.10 Å². The minimum absolute atomic E-state index is 0.165. The van der Waals surface area contributed by atoms with Crippen LogP contribution in [0.4, 0.5) is 0 Å². The van der Waals surface area contributed by atoms with Crippen molar-refractivity contribution in [2.24, 2.45) is 12.8 Å². The lowest BCUT2D eigenvalue weighted by atomic mass is 10.1. The van der Waals surface area contributed by atoms with Crippen molar-refractivity contribution in [2.45, 2.75) is 19.4 Å². The van der Waals surface area contributed by atoms with Gasteiger partial charge < -0.3 is 10.8 Å². The lowest BCUT2D eigenvalue weighted by Crippen LogP contribution is -2.12. The molecule has 1 unspecified atom stereocenters. The normalized spacial score (nSPS) is 13.3. The van der Waals surface area contributed by atoms with E-state index in [-0.39, 0.29) is 6.54 Å². The van der Waals surface area contributed by atoms with Gasteiger partial charge in [-0.3, -0.25) is 4.68 Å². The third-order valence-electron chi connectivity index (χ3n) is 1.98. The Balaban J connectivity index is 3.15. The van der Waals surface area contributed by atoms with Gasteiger partial charge in [0.1, 0.15) is 5.15 Å². The second-order valence-corrected chi connectivity index (χ2v) is 3.24. The van der Waals surface area contributed by atoms with Gasteiger partial charge in [0, 0.05) is 19.2 Å². The zero-order chi connectivity index (χ0) is 10.0. The van der Waals surface area contributed by atoms with Crippen LogP contribution in [0.2, 0.25) is 5.15 Å². The monoisotopic (exact) mass is 203 g/mol. The highest BCUT2D eigenvalue weighted by Crippen LogP contribution is 2.25. The molecule has 0 bridgehead atoms. The Hall–Kier alpha value is -0.580. The molecule has 0 amide bonds. The molecule has 1 heterocycles. The highest BCUT2D eigenvalue weighted by molar-refractivity contribution is 6.30. The molecule has 13 heavy (non-hydrogen) atoms. The van der Waals surface area contributed by atoms with Crippen LogP contribution >= 0.6 is 11.6 Å². The van der Waals surface area contributed by atoms with E-state index in [1.165, 1.54) is 0 Å². The van der Waals surface area contributed by atoms with Crippen LogP contribution in [-0.4, -0.2) is 21.4 Å². The largest absolute Gasteiger partial charge is 0.387 e. The van der Waals surface area contributed by atoms with E-state index in [9.17, 15) is 5.11 Å². The number of hydrogen-bond donors (Lipinski definition) is 2. The molecule has 0 aliphatic rings. The number of nitrogens with two attached hydrogens (primary N) is 1. The summed E-state index contributed by atoms with van der Waals surface area (Å²) in [6, 6.07) is 0. The quantitative estimate of drug-likeness (QED) is 0.758. The van der Waals surface area contributed by atoms with Crippen molar-refractivity contribution in [1.82, 2.24) is 9.78 Å². The number of nitrogens with zero attached hydrogens (tertiary/aromatic N) is 2. The Morgan fingerprint density at radius 2 is 2.31 bits per heavy atom. The lowest BCUT2D eigenvalue weighted by Gasteiger charge is -2.07. The molecule has 5 heteroatoms. The minimum atomic E-state index is -0.712. The number of aliphatic hydroxyl groups is 1. The Labute approximate surface area is 82.3 Å². The van der Waals surface area contributed by atoms with Crippen molar-refractivity contribution in [3.63, 3.8) is 0 Å². The van der Waals surface area contributed by atoms with Gasteiger partial charge in [0.2, 0.25) is 0 Å². The van der Waals surface area contributed by atoms with Gasteiger partial charge in [-0.1, -0.05) is 18.5 Å². The third kappa shape index (κ3) is 1.85. The average Bonchev–Trinajstić information content (AvgIpc) is 2.42. The second-order valence-electron chi connectivity index (χ2n) is 2.88. The number of rotatable bonds is 3. The van der Waals surface area contributed by atoms with Crippen molar-refractivity contribution in [3.05, 3.63) is 16.4 Å². The topological polar surface area (TPSA) is 64.1 Å². The van der Waals surface area contributed by atoms with Gasteiger partial charge in [0.05, 0.1) is 11.8 Å². The number of aromatic nitrogens is 2. The molecular weight excluding hydrogens is 190 g/mol. The molecule has 1 aromatic rings. The Morgan fingerprint density at radius 1 is 1.69 bits per heavy atom. The molecule has 1 atom stereocenters. The first-order chi connectivity index (χ1) is 6.11. The molecule has 4 nitrogen and oxygen atoms in total. The van der Waals surface area contributed by atoms with Gasteiger partial charge in [0.15, 0.2) is 0 Å². The summed E-state index contributed by atoms with van der Waals surface area (Å²) >= 11 is 5.95. The predicted octanol–water partition coefficient (Wildman–Crippen LogP) is 0.628. The maximum absolute atomic E-state index is 9.57. The van der Waals surface area contributed by atoms with E-state index in [0.717, 1.165) is 12.1 Å². The molecule has 0 spiro atoms.